The van der Waals surface area contributed by atoms with E-state index in [9.17, 15) is 4.79 Å². The average Bonchev–Trinajstić information content (AvgIpc) is 2.89. The number of piperidine rings is 1. The zero-order chi connectivity index (χ0) is 14.1. The number of nitrogens with one attached hydrogen (secondary N) is 1. The molecule has 1 fully saturated rings. The molecule has 2 aliphatic rings. The fourth-order valence-electron chi connectivity index (χ4n) is 3.67. The maximum absolute atomic E-state index is 11.7. The molecule has 1 unspecified atom stereocenters. The van der Waals surface area contributed by atoms with Gasteiger partial charge in [0.25, 0.3) is 0 Å². The average molecular weight is 273 g/mol. The van der Waals surface area contributed by atoms with E-state index in [1.807, 2.05) is 6.07 Å². The van der Waals surface area contributed by atoms with Crippen LogP contribution in [-0.2, 0) is 11.2 Å². The van der Waals surface area contributed by atoms with Crippen LogP contribution in [-0.4, -0.2) is 30.9 Å². The Morgan fingerprint density at radius 2 is 2.05 bits per heavy atom. The van der Waals surface area contributed by atoms with Gasteiger partial charge in [-0.15, -0.1) is 0 Å². The summed E-state index contributed by atoms with van der Waals surface area (Å²) in [5.41, 5.74) is 9.58. The lowest BCUT2D eigenvalue weighted by Gasteiger charge is -2.35. The van der Waals surface area contributed by atoms with Crippen LogP contribution in [0.15, 0.2) is 18.2 Å². The molecule has 1 aromatic rings. The highest BCUT2D eigenvalue weighted by Crippen LogP contribution is 2.38. The molecule has 0 spiro atoms. The van der Waals surface area contributed by atoms with Crippen molar-refractivity contribution < 1.29 is 4.79 Å². The van der Waals surface area contributed by atoms with E-state index < -0.39 is 0 Å². The second kappa shape index (κ2) is 5.44. The molecule has 0 aromatic heterocycles. The minimum Gasteiger partial charge on any atom is -0.399 e. The number of rotatable bonds is 2. The van der Waals surface area contributed by atoms with Crippen LogP contribution in [0.25, 0.3) is 0 Å². The SMILES string of the molecule is CNC(=O)C1CCN(C2CCc3cc(N)ccc32)CC1. The Hall–Kier alpha value is -1.55. The molecule has 4 heteroatoms. The van der Waals surface area contributed by atoms with Gasteiger partial charge in [-0.05, 0) is 62.0 Å². The van der Waals surface area contributed by atoms with E-state index in [-0.39, 0.29) is 11.8 Å². The van der Waals surface area contributed by atoms with Gasteiger partial charge in [0, 0.05) is 24.7 Å². The largest absolute Gasteiger partial charge is 0.399 e. The van der Waals surface area contributed by atoms with Crippen LogP contribution in [0.2, 0.25) is 0 Å². The first-order valence-electron chi connectivity index (χ1n) is 7.53. The summed E-state index contributed by atoms with van der Waals surface area (Å²) in [7, 11) is 1.73. The van der Waals surface area contributed by atoms with Gasteiger partial charge in [-0.3, -0.25) is 9.69 Å². The molecule has 20 heavy (non-hydrogen) atoms. The molecule has 0 radical (unpaired) electrons. The number of nitrogens with two attached hydrogens (primary N) is 1. The number of hydrogen-bond acceptors (Lipinski definition) is 3. The summed E-state index contributed by atoms with van der Waals surface area (Å²) >= 11 is 0. The number of carbonyl (C=O) groups excluding carboxylic acids is 1. The fourth-order valence-corrected chi connectivity index (χ4v) is 3.67. The Kier molecular flexibility index (Phi) is 3.66. The third-order valence-corrected chi connectivity index (χ3v) is 4.80. The predicted octanol–water partition coefficient (Wildman–Crippen LogP) is 1.71. The van der Waals surface area contributed by atoms with E-state index >= 15 is 0 Å². The highest BCUT2D eigenvalue weighted by molar-refractivity contribution is 5.78. The second-order valence-electron chi connectivity index (χ2n) is 5.94. The molecule has 3 N–H and O–H groups in total. The Labute approximate surface area is 120 Å². The van der Waals surface area contributed by atoms with Crippen molar-refractivity contribution in [1.29, 1.82) is 0 Å². The van der Waals surface area contributed by atoms with Gasteiger partial charge in [-0.2, -0.15) is 0 Å². The molecular weight excluding hydrogens is 250 g/mol. The molecule has 1 atom stereocenters. The number of likely N-dealkylation sites (tertiary alicyclic amines) is 1. The van der Waals surface area contributed by atoms with Crippen LogP contribution in [0, 0.1) is 5.92 Å². The Morgan fingerprint density at radius 1 is 1.30 bits per heavy atom. The van der Waals surface area contributed by atoms with Crippen LogP contribution in [0.4, 0.5) is 5.69 Å². The summed E-state index contributed by atoms with van der Waals surface area (Å²) in [6.45, 7) is 2.04. The summed E-state index contributed by atoms with van der Waals surface area (Å²) in [6, 6.07) is 6.84. The van der Waals surface area contributed by atoms with Crippen LogP contribution < -0.4 is 11.1 Å². The first-order chi connectivity index (χ1) is 9.69. The monoisotopic (exact) mass is 273 g/mol. The summed E-state index contributed by atoms with van der Waals surface area (Å²) in [4.78, 5) is 14.2. The molecule has 1 aliphatic heterocycles. The summed E-state index contributed by atoms with van der Waals surface area (Å²) in [6.07, 6.45) is 4.25. The second-order valence-corrected chi connectivity index (χ2v) is 5.94. The number of fused-ring (bicyclic) bond motifs is 1. The molecule has 1 amide bonds. The van der Waals surface area contributed by atoms with Crippen molar-refractivity contribution in [3.63, 3.8) is 0 Å². The fraction of sp³-hybridized carbons (Fsp3) is 0.562. The number of anilines is 1. The van der Waals surface area contributed by atoms with Crippen LogP contribution in [0.1, 0.15) is 36.4 Å². The predicted molar refractivity (Wildman–Crippen MR) is 80.3 cm³/mol. The molecule has 1 aromatic carbocycles. The molecule has 1 saturated heterocycles. The molecule has 108 valence electrons. The van der Waals surface area contributed by atoms with E-state index in [2.05, 4.69) is 22.3 Å². The zero-order valence-corrected chi connectivity index (χ0v) is 12.1. The summed E-state index contributed by atoms with van der Waals surface area (Å²) in [5.74, 6) is 0.396. The Morgan fingerprint density at radius 3 is 2.75 bits per heavy atom. The summed E-state index contributed by atoms with van der Waals surface area (Å²) in [5, 5.41) is 2.77. The van der Waals surface area contributed by atoms with Crippen molar-refractivity contribution in [1.82, 2.24) is 10.2 Å². The highest BCUT2D eigenvalue weighted by atomic mass is 16.1. The molecule has 3 rings (SSSR count). The van der Waals surface area contributed by atoms with Crippen molar-refractivity contribution in [3.8, 4) is 0 Å². The molecule has 1 aliphatic carbocycles. The van der Waals surface area contributed by atoms with Crippen molar-refractivity contribution in [2.45, 2.75) is 31.7 Å². The Bertz CT molecular complexity index is 506. The molecule has 0 bridgehead atoms. The van der Waals surface area contributed by atoms with E-state index in [0.29, 0.717) is 6.04 Å². The minimum atomic E-state index is 0.198. The Balaban J connectivity index is 1.67. The first kappa shape index (κ1) is 13.4. The normalized spacial score (nSPS) is 23.6. The van der Waals surface area contributed by atoms with Gasteiger partial charge in [-0.1, -0.05) is 6.07 Å². The maximum atomic E-state index is 11.7. The first-order valence-corrected chi connectivity index (χ1v) is 7.53. The van der Waals surface area contributed by atoms with Gasteiger partial charge in [0.15, 0.2) is 0 Å². The van der Waals surface area contributed by atoms with Gasteiger partial charge in [-0.25, -0.2) is 0 Å². The molecule has 0 saturated carbocycles. The number of benzene rings is 1. The standard InChI is InChI=1S/C16H23N3O/c1-18-16(20)11-6-8-19(9-7-11)15-5-2-12-10-13(17)3-4-14(12)15/h3-4,10-11,15H,2,5-9,17H2,1H3,(H,18,20). The van der Waals surface area contributed by atoms with Gasteiger partial charge in [0.1, 0.15) is 0 Å². The third kappa shape index (κ3) is 2.40. The number of nitrogen functional groups attached to an aromatic ring is 1. The van der Waals surface area contributed by atoms with Crippen molar-refractivity contribution >= 4 is 11.6 Å². The quantitative estimate of drug-likeness (QED) is 0.807. The topological polar surface area (TPSA) is 58.4 Å². The molecule has 4 nitrogen and oxygen atoms in total. The van der Waals surface area contributed by atoms with Gasteiger partial charge >= 0.3 is 0 Å². The van der Waals surface area contributed by atoms with Crippen LogP contribution in [0.3, 0.4) is 0 Å². The van der Waals surface area contributed by atoms with E-state index in [1.54, 1.807) is 7.05 Å². The number of amides is 1. The maximum Gasteiger partial charge on any atom is 0.222 e. The number of carbonyl (C=O) groups is 1. The van der Waals surface area contributed by atoms with Crippen LogP contribution in [0.5, 0.6) is 0 Å². The number of hydrogen-bond donors (Lipinski definition) is 2. The van der Waals surface area contributed by atoms with Gasteiger partial charge in [0.05, 0.1) is 0 Å². The van der Waals surface area contributed by atoms with E-state index in [0.717, 1.165) is 38.0 Å². The molecular formula is C16H23N3O. The molecule has 1 heterocycles. The lowest BCUT2D eigenvalue weighted by atomic mass is 9.94. The number of nitrogens with zero attached hydrogens (tertiary/aromatic N) is 1. The van der Waals surface area contributed by atoms with E-state index in [1.165, 1.54) is 17.5 Å². The van der Waals surface area contributed by atoms with E-state index in [4.69, 9.17) is 5.73 Å². The highest BCUT2D eigenvalue weighted by Gasteiger charge is 2.32. The third-order valence-electron chi connectivity index (χ3n) is 4.80. The van der Waals surface area contributed by atoms with Crippen molar-refractivity contribution in [2.75, 3.05) is 25.9 Å². The van der Waals surface area contributed by atoms with Gasteiger partial charge in [0.2, 0.25) is 5.91 Å². The lowest BCUT2D eigenvalue weighted by molar-refractivity contribution is -0.126. The zero-order valence-electron chi connectivity index (χ0n) is 12.1. The summed E-state index contributed by atoms with van der Waals surface area (Å²) < 4.78 is 0. The number of aryl methyl sites for hydroxylation is 1. The van der Waals surface area contributed by atoms with Crippen LogP contribution >= 0.6 is 0 Å². The van der Waals surface area contributed by atoms with Crippen molar-refractivity contribution in [3.05, 3.63) is 29.3 Å². The smallest absolute Gasteiger partial charge is 0.222 e. The minimum absolute atomic E-state index is 0.198. The van der Waals surface area contributed by atoms with Gasteiger partial charge < -0.3 is 11.1 Å². The lowest BCUT2D eigenvalue weighted by Crippen LogP contribution is -2.40. The van der Waals surface area contributed by atoms with Crippen molar-refractivity contribution in [2.24, 2.45) is 5.92 Å².